The van der Waals surface area contributed by atoms with Crippen molar-refractivity contribution in [3.8, 4) is 5.75 Å². The Bertz CT molecular complexity index is 948. The van der Waals surface area contributed by atoms with Crippen LogP contribution in [0.1, 0.15) is 27.4 Å². The molecule has 0 fully saturated rings. The maximum atomic E-state index is 12.7. The van der Waals surface area contributed by atoms with E-state index in [9.17, 15) is 9.59 Å². The van der Waals surface area contributed by atoms with Gasteiger partial charge in [0.15, 0.2) is 6.61 Å². The fourth-order valence-electron chi connectivity index (χ4n) is 3.31. The van der Waals surface area contributed by atoms with Gasteiger partial charge in [0.2, 0.25) is 0 Å². The first-order valence-corrected chi connectivity index (χ1v) is 9.15. The molecule has 5 heteroatoms. The Labute approximate surface area is 163 Å². The van der Waals surface area contributed by atoms with E-state index in [2.05, 4.69) is 34.9 Å². The highest BCUT2D eigenvalue weighted by molar-refractivity contribution is 5.99. The number of ether oxygens (including phenoxy) is 1. The van der Waals surface area contributed by atoms with Crippen molar-refractivity contribution in [1.29, 1.82) is 0 Å². The monoisotopic (exact) mass is 372 g/mol. The molecule has 0 aromatic heterocycles. The highest BCUT2D eigenvalue weighted by atomic mass is 16.5. The second-order valence-corrected chi connectivity index (χ2v) is 6.63. The second-order valence-electron chi connectivity index (χ2n) is 6.63. The van der Waals surface area contributed by atoms with Gasteiger partial charge in [0, 0.05) is 18.0 Å². The molecule has 0 atom stereocenters. The summed E-state index contributed by atoms with van der Waals surface area (Å²) in [6.07, 6.45) is 0. The quantitative estimate of drug-likeness (QED) is 0.719. The van der Waals surface area contributed by atoms with Gasteiger partial charge >= 0.3 is 0 Å². The first-order chi connectivity index (χ1) is 13.7. The van der Waals surface area contributed by atoms with Crippen LogP contribution in [0.4, 0.5) is 5.69 Å². The summed E-state index contributed by atoms with van der Waals surface area (Å²) >= 11 is 0. The van der Waals surface area contributed by atoms with Gasteiger partial charge in [-0.15, -0.1) is 0 Å². The molecule has 0 aliphatic carbocycles. The summed E-state index contributed by atoms with van der Waals surface area (Å²) in [5.74, 6) is 0.188. The number of hydrogen-bond donors (Lipinski definition) is 2. The molecule has 0 unspecified atom stereocenters. The third-order valence-electron chi connectivity index (χ3n) is 4.75. The van der Waals surface area contributed by atoms with Crippen molar-refractivity contribution in [2.24, 2.45) is 0 Å². The zero-order valence-electron chi connectivity index (χ0n) is 15.2. The van der Waals surface area contributed by atoms with Crippen LogP contribution >= 0.6 is 0 Å². The number of carbonyl (C=O) groups excluding carboxylic acids is 2. The van der Waals surface area contributed by atoms with Crippen LogP contribution in [0.15, 0.2) is 78.9 Å². The summed E-state index contributed by atoms with van der Waals surface area (Å²) in [6.45, 7) is 0.434. The number of fused-ring (bicyclic) bond motifs is 1. The van der Waals surface area contributed by atoms with E-state index in [1.165, 1.54) is 0 Å². The molecule has 1 aliphatic rings. The normalized spacial score (nSPS) is 12.7. The fraction of sp³-hybridized carbons (Fsp3) is 0.130. The first-order valence-electron chi connectivity index (χ1n) is 9.15. The van der Waals surface area contributed by atoms with Gasteiger partial charge < -0.3 is 15.4 Å². The van der Waals surface area contributed by atoms with Crippen molar-refractivity contribution in [3.05, 3.63) is 95.6 Å². The van der Waals surface area contributed by atoms with Crippen molar-refractivity contribution in [1.82, 2.24) is 5.32 Å². The maximum Gasteiger partial charge on any atom is 0.262 e. The summed E-state index contributed by atoms with van der Waals surface area (Å²) in [5.41, 5.74) is 3.37. The van der Waals surface area contributed by atoms with Crippen LogP contribution in [0.3, 0.4) is 0 Å². The van der Waals surface area contributed by atoms with Crippen LogP contribution in [0.5, 0.6) is 5.75 Å². The lowest BCUT2D eigenvalue weighted by Crippen LogP contribution is -2.29. The molecule has 0 saturated carbocycles. The lowest BCUT2D eigenvalue weighted by atomic mass is 9.91. The van der Waals surface area contributed by atoms with E-state index in [0.29, 0.717) is 23.5 Å². The van der Waals surface area contributed by atoms with Gasteiger partial charge in [-0.2, -0.15) is 0 Å². The molecule has 1 aliphatic heterocycles. The summed E-state index contributed by atoms with van der Waals surface area (Å²) < 4.78 is 5.40. The molecule has 3 aromatic carbocycles. The number of amides is 2. The van der Waals surface area contributed by atoms with E-state index in [1.54, 1.807) is 18.2 Å². The zero-order valence-corrected chi connectivity index (χ0v) is 15.2. The van der Waals surface area contributed by atoms with Crippen molar-refractivity contribution in [2.75, 3.05) is 18.5 Å². The molecule has 4 rings (SSSR count). The van der Waals surface area contributed by atoms with Crippen LogP contribution in [0.2, 0.25) is 0 Å². The minimum atomic E-state index is -0.196. The standard InChI is InChI=1S/C23H20N2O3/c26-22-15-28-21-13-18(11-12-20(21)25-22)23(27)24-14-19(16-7-3-1-4-8-16)17-9-5-2-6-10-17/h1-13,19H,14-15H2,(H,24,27)(H,25,26). The maximum absolute atomic E-state index is 12.7. The van der Waals surface area contributed by atoms with Gasteiger partial charge in [-0.05, 0) is 29.3 Å². The van der Waals surface area contributed by atoms with E-state index >= 15 is 0 Å². The Morgan fingerprint density at radius 3 is 2.25 bits per heavy atom. The van der Waals surface area contributed by atoms with Crippen LogP contribution in [0, 0.1) is 0 Å². The van der Waals surface area contributed by atoms with Crippen LogP contribution in [0.25, 0.3) is 0 Å². The van der Waals surface area contributed by atoms with Gasteiger partial charge in [-0.25, -0.2) is 0 Å². The molecule has 28 heavy (non-hydrogen) atoms. The summed E-state index contributed by atoms with van der Waals surface area (Å²) in [7, 11) is 0. The second kappa shape index (κ2) is 7.96. The fourth-order valence-corrected chi connectivity index (χ4v) is 3.31. The molecule has 5 nitrogen and oxygen atoms in total. The molecular formula is C23H20N2O3. The SMILES string of the molecule is O=C1COc2cc(C(=O)NCC(c3ccccc3)c3ccccc3)ccc2N1. The van der Waals surface area contributed by atoms with Gasteiger partial charge in [0.1, 0.15) is 5.75 Å². The summed E-state index contributed by atoms with van der Waals surface area (Å²) in [5, 5.41) is 5.75. The number of carbonyl (C=O) groups is 2. The first kappa shape index (κ1) is 17.8. The molecule has 1 heterocycles. The predicted octanol–water partition coefficient (Wildman–Crippen LogP) is 3.58. The van der Waals surface area contributed by atoms with E-state index < -0.39 is 0 Å². The molecule has 140 valence electrons. The molecular weight excluding hydrogens is 352 g/mol. The average molecular weight is 372 g/mol. The van der Waals surface area contributed by atoms with E-state index in [1.807, 2.05) is 36.4 Å². The Hall–Kier alpha value is -3.60. The van der Waals surface area contributed by atoms with Crippen LogP contribution in [-0.4, -0.2) is 25.0 Å². The number of benzene rings is 3. The van der Waals surface area contributed by atoms with E-state index in [4.69, 9.17) is 4.74 Å². The molecule has 0 saturated heterocycles. The third kappa shape index (κ3) is 3.88. The Kier molecular flexibility index (Phi) is 5.06. The lowest BCUT2D eigenvalue weighted by molar-refractivity contribution is -0.118. The van der Waals surface area contributed by atoms with E-state index in [0.717, 1.165) is 11.1 Å². The topological polar surface area (TPSA) is 67.4 Å². The number of rotatable bonds is 5. The summed E-state index contributed by atoms with van der Waals surface area (Å²) in [6, 6.07) is 25.3. The zero-order chi connectivity index (χ0) is 19.3. The minimum absolute atomic E-state index is 0.0395. The Morgan fingerprint density at radius 2 is 1.61 bits per heavy atom. The smallest absolute Gasteiger partial charge is 0.262 e. The highest BCUT2D eigenvalue weighted by Crippen LogP contribution is 2.29. The number of anilines is 1. The highest BCUT2D eigenvalue weighted by Gasteiger charge is 2.19. The van der Waals surface area contributed by atoms with Gasteiger partial charge in [-0.1, -0.05) is 60.7 Å². The predicted molar refractivity (Wildman–Crippen MR) is 108 cm³/mol. The van der Waals surface area contributed by atoms with Crippen molar-refractivity contribution < 1.29 is 14.3 Å². The molecule has 2 N–H and O–H groups in total. The lowest BCUT2D eigenvalue weighted by Gasteiger charge is -2.20. The van der Waals surface area contributed by atoms with Gasteiger partial charge in [0.05, 0.1) is 5.69 Å². The summed E-state index contributed by atoms with van der Waals surface area (Å²) in [4.78, 5) is 24.1. The molecule has 3 aromatic rings. The third-order valence-corrected chi connectivity index (χ3v) is 4.75. The van der Waals surface area contributed by atoms with Crippen LogP contribution < -0.4 is 15.4 Å². The van der Waals surface area contributed by atoms with Crippen LogP contribution in [-0.2, 0) is 4.79 Å². The Balaban J connectivity index is 1.51. The van der Waals surface area contributed by atoms with Gasteiger partial charge in [0.25, 0.3) is 11.8 Å². The number of nitrogens with one attached hydrogen (secondary N) is 2. The van der Waals surface area contributed by atoms with Crippen molar-refractivity contribution in [2.45, 2.75) is 5.92 Å². The minimum Gasteiger partial charge on any atom is -0.482 e. The van der Waals surface area contributed by atoms with E-state index in [-0.39, 0.29) is 24.3 Å². The van der Waals surface area contributed by atoms with Crippen molar-refractivity contribution >= 4 is 17.5 Å². The molecule has 0 bridgehead atoms. The number of hydrogen-bond acceptors (Lipinski definition) is 3. The average Bonchev–Trinajstić information content (AvgIpc) is 2.75. The Morgan fingerprint density at radius 1 is 0.964 bits per heavy atom. The largest absolute Gasteiger partial charge is 0.482 e. The molecule has 0 radical (unpaired) electrons. The molecule has 0 spiro atoms. The van der Waals surface area contributed by atoms with Crippen molar-refractivity contribution in [3.63, 3.8) is 0 Å². The molecule has 2 amide bonds. The van der Waals surface area contributed by atoms with Gasteiger partial charge in [-0.3, -0.25) is 9.59 Å².